The van der Waals surface area contributed by atoms with E-state index in [2.05, 4.69) is 10.6 Å². The van der Waals surface area contributed by atoms with Gasteiger partial charge in [-0.05, 0) is 36.8 Å². The quantitative estimate of drug-likeness (QED) is 0.890. The van der Waals surface area contributed by atoms with Crippen molar-refractivity contribution < 1.29 is 14.3 Å². The van der Waals surface area contributed by atoms with Crippen LogP contribution in [-0.4, -0.2) is 25.5 Å². The zero-order valence-corrected chi connectivity index (χ0v) is 12.6. The summed E-state index contributed by atoms with van der Waals surface area (Å²) in [7, 11) is 1.53. The van der Waals surface area contributed by atoms with Gasteiger partial charge in [-0.2, -0.15) is 0 Å². The van der Waals surface area contributed by atoms with Gasteiger partial charge in [0, 0.05) is 11.3 Å². The molecule has 0 spiro atoms. The summed E-state index contributed by atoms with van der Waals surface area (Å²) in [5, 5.41) is 5.34. The number of amides is 2. The van der Waals surface area contributed by atoms with Gasteiger partial charge >= 0.3 is 0 Å². The van der Waals surface area contributed by atoms with Crippen molar-refractivity contribution in [2.75, 3.05) is 19.0 Å². The summed E-state index contributed by atoms with van der Waals surface area (Å²) in [5.41, 5.74) is 2.15. The Morgan fingerprint density at radius 1 is 1.09 bits per heavy atom. The molecule has 0 saturated heterocycles. The van der Waals surface area contributed by atoms with Crippen molar-refractivity contribution in [2.45, 2.75) is 6.92 Å². The monoisotopic (exact) mass is 298 g/mol. The van der Waals surface area contributed by atoms with Crippen LogP contribution in [0.3, 0.4) is 0 Å². The summed E-state index contributed by atoms with van der Waals surface area (Å²) in [6.45, 7) is 1.81. The summed E-state index contributed by atoms with van der Waals surface area (Å²) in [4.78, 5) is 23.9. The van der Waals surface area contributed by atoms with Crippen molar-refractivity contribution in [3.05, 3.63) is 59.7 Å². The van der Waals surface area contributed by atoms with Gasteiger partial charge in [0.05, 0.1) is 13.7 Å². The Bertz CT molecular complexity index is 683. The average molecular weight is 298 g/mol. The van der Waals surface area contributed by atoms with Crippen LogP contribution in [0.5, 0.6) is 5.75 Å². The lowest BCUT2D eigenvalue weighted by molar-refractivity contribution is -0.115. The number of hydrogen-bond donors (Lipinski definition) is 2. The number of carbonyl (C=O) groups excluding carboxylic acids is 2. The first-order valence-corrected chi connectivity index (χ1v) is 6.88. The number of ether oxygens (including phenoxy) is 1. The number of para-hydroxylation sites is 1. The average Bonchev–Trinajstić information content (AvgIpc) is 2.55. The van der Waals surface area contributed by atoms with Crippen LogP contribution in [0.1, 0.15) is 15.9 Å². The molecule has 0 aromatic heterocycles. The topological polar surface area (TPSA) is 67.4 Å². The van der Waals surface area contributed by atoms with Crippen LogP contribution >= 0.6 is 0 Å². The zero-order chi connectivity index (χ0) is 15.9. The highest BCUT2D eigenvalue weighted by Crippen LogP contribution is 2.13. The van der Waals surface area contributed by atoms with Crippen molar-refractivity contribution in [3.8, 4) is 5.75 Å². The van der Waals surface area contributed by atoms with Gasteiger partial charge in [-0.1, -0.05) is 24.3 Å². The Hall–Kier alpha value is -2.82. The van der Waals surface area contributed by atoms with Crippen LogP contribution in [0.2, 0.25) is 0 Å². The van der Waals surface area contributed by atoms with E-state index in [4.69, 9.17) is 4.74 Å². The number of methoxy groups -OCH3 is 1. The second kappa shape index (κ2) is 7.26. The third kappa shape index (κ3) is 4.09. The van der Waals surface area contributed by atoms with E-state index in [9.17, 15) is 9.59 Å². The summed E-state index contributed by atoms with van der Waals surface area (Å²) < 4.78 is 5.06. The number of anilines is 1. The largest absolute Gasteiger partial charge is 0.497 e. The molecule has 5 heteroatoms. The van der Waals surface area contributed by atoms with Crippen molar-refractivity contribution in [2.24, 2.45) is 0 Å². The Morgan fingerprint density at radius 3 is 2.59 bits per heavy atom. The SMILES string of the molecule is COc1cccc(C(=O)NCC(=O)Nc2ccccc2C)c1. The lowest BCUT2D eigenvalue weighted by Crippen LogP contribution is -2.33. The highest BCUT2D eigenvalue weighted by atomic mass is 16.5. The lowest BCUT2D eigenvalue weighted by atomic mass is 10.2. The lowest BCUT2D eigenvalue weighted by Gasteiger charge is -2.09. The molecule has 2 aromatic carbocycles. The van der Waals surface area contributed by atoms with Crippen LogP contribution in [0, 0.1) is 6.92 Å². The molecule has 114 valence electrons. The van der Waals surface area contributed by atoms with Crippen molar-refractivity contribution in [1.82, 2.24) is 5.32 Å². The molecule has 0 radical (unpaired) electrons. The van der Waals surface area contributed by atoms with E-state index in [0.717, 1.165) is 11.3 Å². The Balaban J connectivity index is 1.90. The van der Waals surface area contributed by atoms with E-state index in [-0.39, 0.29) is 18.4 Å². The maximum atomic E-state index is 12.0. The molecule has 0 aliphatic rings. The van der Waals surface area contributed by atoms with E-state index in [1.165, 1.54) is 7.11 Å². The maximum Gasteiger partial charge on any atom is 0.251 e. The second-order valence-electron chi connectivity index (χ2n) is 4.78. The molecule has 2 N–H and O–H groups in total. The van der Waals surface area contributed by atoms with E-state index in [1.54, 1.807) is 24.3 Å². The first-order chi connectivity index (χ1) is 10.6. The van der Waals surface area contributed by atoms with Gasteiger partial charge < -0.3 is 15.4 Å². The van der Waals surface area contributed by atoms with E-state index in [1.807, 2.05) is 31.2 Å². The molecule has 0 atom stereocenters. The number of rotatable bonds is 5. The molecule has 2 aromatic rings. The van der Waals surface area contributed by atoms with E-state index in [0.29, 0.717) is 11.3 Å². The molecular weight excluding hydrogens is 280 g/mol. The number of carbonyl (C=O) groups is 2. The van der Waals surface area contributed by atoms with Crippen LogP contribution in [0.25, 0.3) is 0 Å². The van der Waals surface area contributed by atoms with Gasteiger partial charge in [0.15, 0.2) is 0 Å². The minimum Gasteiger partial charge on any atom is -0.497 e. The molecule has 5 nitrogen and oxygen atoms in total. The minimum absolute atomic E-state index is 0.0929. The molecule has 0 bridgehead atoms. The van der Waals surface area contributed by atoms with Gasteiger partial charge in [0.2, 0.25) is 5.91 Å². The maximum absolute atomic E-state index is 12.0. The van der Waals surface area contributed by atoms with Crippen molar-refractivity contribution in [1.29, 1.82) is 0 Å². The third-order valence-electron chi connectivity index (χ3n) is 3.16. The molecule has 0 fully saturated rings. The fraction of sp³-hybridized carbons (Fsp3) is 0.176. The predicted molar refractivity (Wildman–Crippen MR) is 85.1 cm³/mol. The summed E-state index contributed by atoms with van der Waals surface area (Å²) >= 11 is 0. The molecule has 0 aliphatic heterocycles. The van der Waals surface area contributed by atoms with Crippen LogP contribution in [0.15, 0.2) is 48.5 Å². The number of aryl methyl sites for hydroxylation is 1. The van der Waals surface area contributed by atoms with E-state index < -0.39 is 0 Å². The number of nitrogens with one attached hydrogen (secondary N) is 2. The first-order valence-electron chi connectivity index (χ1n) is 6.88. The predicted octanol–water partition coefficient (Wildman–Crippen LogP) is 2.37. The smallest absolute Gasteiger partial charge is 0.251 e. The van der Waals surface area contributed by atoms with Crippen LogP contribution < -0.4 is 15.4 Å². The van der Waals surface area contributed by atoms with Gasteiger partial charge in [-0.15, -0.1) is 0 Å². The normalized spacial score (nSPS) is 9.91. The van der Waals surface area contributed by atoms with Gasteiger partial charge in [-0.25, -0.2) is 0 Å². The van der Waals surface area contributed by atoms with Gasteiger partial charge in [0.1, 0.15) is 5.75 Å². The molecule has 22 heavy (non-hydrogen) atoms. The second-order valence-corrected chi connectivity index (χ2v) is 4.78. The van der Waals surface area contributed by atoms with Crippen LogP contribution in [0.4, 0.5) is 5.69 Å². The van der Waals surface area contributed by atoms with Gasteiger partial charge in [0.25, 0.3) is 5.91 Å². The third-order valence-corrected chi connectivity index (χ3v) is 3.16. The fourth-order valence-electron chi connectivity index (χ4n) is 1.93. The number of benzene rings is 2. The minimum atomic E-state index is -0.321. The molecule has 2 rings (SSSR count). The van der Waals surface area contributed by atoms with Crippen molar-refractivity contribution in [3.63, 3.8) is 0 Å². The standard InChI is InChI=1S/C17H18N2O3/c1-12-6-3-4-9-15(12)19-16(20)11-18-17(21)13-7-5-8-14(10-13)22-2/h3-10H,11H2,1-2H3,(H,18,21)(H,19,20). The molecule has 0 saturated carbocycles. The molecule has 0 unspecified atom stereocenters. The molecular formula is C17H18N2O3. The molecule has 2 amide bonds. The number of hydrogen-bond acceptors (Lipinski definition) is 3. The highest BCUT2D eigenvalue weighted by Gasteiger charge is 2.09. The Kier molecular flexibility index (Phi) is 5.14. The fourth-order valence-corrected chi connectivity index (χ4v) is 1.93. The first kappa shape index (κ1) is 15.6. The molecule has 0 aliphatic carbocycles. The summed E-state index contributed by atoms with van der Waals surface area (Å²) in [5.74, 6) is 0.00129. The summed E-state index contributed by atoms with van der Waals surface area (Å²) in [6, 6.07) is 14.2. The van der Waals surface area contributed by atoms with Crippen molar-refractivity contribution >= 4 is 17.5 Å². The Morgan fingerprint density at radius 2 is 1.86 bits per heavy atom. The molecule has 0 heterocycles. The highest BCUT2D eigenvalue weighted by molar-refractivity contribution is 5.99. The van der Waals surface area contributed by atoms with Crippen LogP contribution in [-0.2, 0) is 4.79 Å². The van der Waals surface area contributed by atoms with E-state index >= 15 is 0 Å². The summed E-state index contributed by atoms with van der Waals surface area (Å²) in [6.07, 6.45) is 0. The zero-order valence-electron chi connectivity index (χ0n) is 12.6. The Labute approximate surface area is 129 Å². The van der Waals surface area contributed by atoms with Gasteiger partial charge in [-0.3, -0.25) is 9.59 Å².